The molecule has 32 heteroatoms. The number of carbonyl (C=O) groups is 3. The van der Waals surface area contributed by atoms with Crippen LogP contribution in [0.5, 0.6) is 0 Å². The lowest BCUT2D eigenvalue weighted by atomic mass is 9.91. The van der Waals surface area contributed by atoms with Crippen LogP contribution < -0.4 is 15.0 Å². The van der Waals surface area contributed by atoms with Gasteiger partial charge in [0.15, 0.2) is 17.5 Å². The molecule has 3 atom stereocenters. The molecule has 3 saturated heterocycles. The first-order chi connectivity index (χ1) is 39.3. The number of fused-ring (bicyclic) bond motifs is 3. The van der Waals surface area contributed by atoms with Gasteiger partial charge in [0.2, 0.25) is 0 Å². The molecule has 3 aliphatic heterocycles. The number of anilines is 3. The Kier molecular flexibility index (Phi) is 20.2. The number of alkyl halides is 14. The van der Waals surface area contributed by atoms with E-state index in [4.69, 9.17) is 0 Å². The van der Waals surface area contributed by atoms with Crippen LogP contribution in [0.2, 0.25) is 0 Å². The van der Waals surface area contributed by atoms with Crippen molar-refractivity contribution in [3.8, 4) is 0 Å². The molecule has 1 unspecified atom stereocenters. The molecule has 0 amide bonds. The number of nitrogens with zero attached hydrogens (tertiary/aromatic N) is 12. The lowest BCUT2D eigenvalue weighted by molar-refractivity contribution is -0.284. The van der Waals surface area contributed by atoms with E-state index in [0.29, 0.717) is 99.1 Å². The van der Waals surface area contributed by atoms with Crippen LogP contribution in [-0.2, 0) is 14.4 Å². The van der Waals surface area contributed by atoms with Crippen LogP contribution in [-0.4, -0.2) is 174 Å². The Bertz CT molecular complexity index is 2840. The minimum Gasteiger partial charge on any atom is -0.346 e. The Morgan fingerprint density at radius 2 is 0.738 bits per heavy atom. The van der Waals surface area contributed by atoms with Gasteiger partial charge in [0.1, 0.15) is 53.3 Å². The van der Waals surface area contributed by atoms with Crippen LogP contribution in [0.25, 0.3) is 33.1 Å². The summed E-state index contributed by atoms with van der Waals surface area (Å²) in [5.74, 6) is -19.3. The Balaban J connectivity index is 0.000000181. The van der Waals surface area contributed by atoms with Gasteiger partial charge in [-0.15, -0.1) is 0 Å². The fraction of sp³-hybridized carbons (Fsp3) is 0.596. The quantitative estimate of drug-likeness (QED) is 0.0648. The standard InChI is InChI=1S/C18H23F4N5O.2C17H20F5N5O/c1-17(19,20)18(21,22)7-5-14(28)12-4-3-9-27(10-12)26(2)16-13-6-8-23-15(13)24-11-25-16;2*1-26(15-12-5-7-23-14(12)24-10-25-15)27-8-2-3-11(9-27)13(28)4-6-16(18,19)17(20,21)22/h6,8,11-12H,3-5,7,9-10H2,1-2H3,(H,23,24,25);2*5,7,10-11H,2-4,6,8-9H2,1H3,(H,23,24,25)/t12-;11-;/m01./s1. The predicted octanol–water partition coefficient (Wildman–Crippen LogP) is 10.8. The third-order valence-corrected chi connectivity index (χ3v) is 15.3. The summed E-state index contributed by atoms with van der Waals surface area (Å²) in [5, 5.41) is 13.4. The van der Waals surface area contributed by atoms with Crippen LogP contribution in [0.4, 0.5) is 78.9 Å². The maximum absolute atomic E-state index is 13.5. The first-order valence-corrected chi connectivity index (χ1v) is 26.8. The number of halogens is 14. The van der Waals surface area contributed by atoms with E-state index in [1.807, 2.05) is 45.3 Å². The van der Waals surface area contributed by atoms with E-state index in [0.717, 1.165) is 16.2 Å². The van der Waals surface area contributed by atoms with Crippen molar-refractivity contribution in [1.29, 1.82) is 0 Å². The van der Waals surface area contributed by atoms with Gasteiger partial charge in [-0.25, -0.2) is 53.7 Å². The minimum atomic E-state index is -5.64. The van der Waals surface area contributed by atoms with Crippen molar-refractivity contribution in [2.75, 3.05) is 75.4 Å². The largest absolute Gasteiger partial charge is 0.453 e. The van der Waals surface area contributed by atoms with Crippen molar-refractivity contribution in [3.05, 3.63) is 55.8 Å². The van der Waals surface area contributed by atoms with Gasteiger partial charge in [-0.3, -0.25) is 29.4 Å². The Hall–Kier alpha value is -6.83. The van der Waals surface area contributed by atoms with E-state index in [1.54, 1.807) is 42.7 Å². The molecular formula is C52H63F14N15O3. The number of aromatic amines is 3. The summed E-state index contributed by atoms with van der Waals surface area (Å²) in [6.07, 6.45) is -4.76. The summed E-state index contributed by atoms with van der Waals surface area (Å²) < 4.78 is 179. The molecule has 9 heterocycles. The molecule has 9 rings (SSSR count). The number of hydrogen-bond donors (Lipinski definition) is 3. The van der Waals surface area contributed by atoms with Crippen LogP contribution in [0.3, 0.4) is 0 Å². The number of hydrazine groups is 3. The number of H-pyrrole nitrogens is 3. The van der Waals surface area contributed by atoms with Crippen LogP contribution in [0.1, 0.15) is 84.0 Å². The minimum absolute atomic E-state index is 0.179. The second-order valence-electron chi connectivity index (χ2n) is 21.0. The van der Waals surface area contributed by atoms with Gasteiger partial charge < -0.3 is 15.0 Å². The molecular weight excluding hydrogens is 1150 g/mol. The third kappa shape index (κ3) is 15.3. The fourth-order valence-corrected chi connectivity index (χ4v) is 10.2. The van der Waals surface area contributed by atoms with Gasteiger partial charge in [-0.1, -0.05) is 0 Å². The van der Waals surface area contributed by atoms with Crippen molar-refractivity contribution < 1.29 is 75.8 Å². The molecule has 84 heavy (non-hydrogen) atoms. The van der Waals surface area contributed by atoms with E-state index in [1.165, 1.54) is 19.0 Å². The predicted molar refractivity (Wildman–Crippen MR) is 280 cm³/mol. The lowest BCUT2D eigenvalue weighted by Gasteiger charge is -2.38. The van der Waals surface area contributed by atoms with E-state index in [9.17, 15) is 75.8 Å². The summed E-state index contributed by atoms with van der Waals surface area (Å²) in [4.78, 5) is 71.1. The highest BCUT2D eigenvalue weighted by Crippen LogP contribution is 2.42. The summed E-state index contributed by atoms with van der Waals surface area (Å²) in [5.41, 5.74) is 1.98. The van der Waals surface area contributed by atoms with Crippen LogP contribution >= 0.6 is 0 Å². The number of carbonyl (C=O) groups excluding carboxylic acids is 3. The molecule has 3 fully saturated rings. The molecule has 3 N–H and O–H groups in total. The van der Waals surface area contributed by atoms with Crippen molar-refractivity contribution in [2.24, 2.45) is 17.8 Å². The summed E-state index contributed by atoms with van der Waals surface area (Å²) in [6.45, 7) is 2.91. The Labute approximate surface area is 471 Å². The lowest BCUT2D eigenvalue weighted by Crippen LogP contribution is -2.48. The number of Topliss-reactive ketones (excluding diaryl/α,β-unsaturated/α-hetero) is 3. The summed E-state index contributed by atoms with van der Waals surface area (Å²) in [7, 11) is 5.34. The maximum Gasteiger partial charge on any atom is 0.453 e. The van der Waals surface area contributed by atoms with Crippen molar-refractivity contribution in [3.63, 3.8) is 0 Å². The zero-order chi connectivity index (χ0) is 61.6. The molecule has 0 spiro atoms. The van der Waals surface area contributed by atoms with E-state index in [2.05, 4.69) is 44.9 Å². The third-order valence-electron chi connectivity index (χ3n) is 15.3. The molecule has 462 valence electrons. The number of aromatic nitrogens is 9. The zero-order valence-electron chi connectivity index (χ0n) is 46.0. The van der Waals surface area contributed by atoms with Crippen LogP contribution in [0, 0.1) is 17.8 Å². The smallest absolute Gasteiger partial charge is 0.346 e. The Morgan fingerprint density at radius 3 is 1.00 bits per heavy atom. The summed E-state index contributed by atoms with van der Waals surface area (Å²) in [6, 6.07) is 5.47. The zero-order valence-corrected chi connectivity index (χ0v) is 46.0. The van der Waals surface area contributed by atoms with Crippen molar-refractivity contribution in [2.45, 2.75) is 120 Å². The Morgan fingerprint density at radius 1 is 0.464 bits per heavy atom. The van der Waals surface area contributed by atoms with Gasteiger partial charge in [0, 0.05) is 142 Å². The first-order valence-electron chi connectivity index (χ1n) is 26.8. The molecule has 6 aromatic rings. The molecule has 0 bridgehead atoms. The average molecular weight is 1210 g/mol. The van der Waals surface area contributed by atoms with E-state index >= 15 is 0 Å². The monoisotopic (exact) mass is 1210 g/mol. The molecule has 3 aliphatic rings. The van der Waals surface area contributed by atoms with Gasteiger partial charge in [0.05, 0.1) is 16.2 Å². The highest BCUT2D eigenvalue weighted by atomic mass is 19.4. The topological polar surface area (TPSA) is 195 Å². The molecule has 0 radical (unpaired) electrons. The second-order valence-corrected chi connectivity index (χ2v) is 21.0. The van der Waals surface area contributed by atoms with Crippen molar-refractivity contribution >= 4 is 67.9 Å². The molecule has 18 nitrogen and oxygen atoms in total. The van der Waals surface area contributed by atoms with Gasteiger partial charge in [-0.05, 0) is 56.7 Å². The second kappa shape index (κ2) is 26.2. The first kappa shape index (κ1) is 64.7. The SMILES string of the molecule is CN(c1ncnc2[nH]ccc12)N1CCCC(C(=O)CCC(F)(F)C(F)(F)F)C1.CN(c1ncnc2[nH]ccc12)N1CCC[C@@H](C(=O)CCC(F)(F)C(F)(F)F)C1.CN(c1ncnc2[nH]ccc12)N1CCC[C@H](C(=O)CCC(F)(F)C(C)(F)F)C1. The molecule has 6 aromatic heterocycles. The molecule has 0 aromatic carbocycles. The van der Waals surface area contributed by atoms with E-state index < -0.39 is 110 Å². The fourth-order valence-electron chi connectivity index (χ4n) is 10.2. The number of piperidine rings is 3. The molecule has 0 aliphatic carbocycles. The number of nitrogens with one attached hydrogen (secondary N) is 3. The highest BCUT2D eigenvalue weighted by Gasteiger charge is 2.58. The van der Waals surface area contributed by atoms with E-state index in [-0.39, 0.29) is 20.0 Å². The highest BCUT2D eigenvalue weighted by molar-refractivity contribution is 5.89. The van der Waals surface area contributed by atoms with Gasteiger partial charge >= 0.3 is 36.0 Å². The maximum atomic E-state index is 13.5. The summed E-state index contributed by atoms with van der Waals surface area (Å²) >= 11 is 0. The number of ketones is 3. The van der Waals surface area contributed by atoms with Gasteiger partial charge in [0.25, 0.3) is 0 Å². The van der Waals surface area contributed by atoms with Crippen molar-refractivity contribution in [1.82, 2.24) is 59.9 Å². The average Bonchev–Trinajstić information content (AvgIpc) is 4.45. The van der Waals surface area contributed by atoms with Gasteiger partial charge in [-0.2, -0.15) is 52.7 Å². The molecule has 0 saturated carbocycles. The normalized spacial score (nSPS) is 19.1. The van der Waals surface area contributed by atoms with Crippen LogP contribution in [0.15, 0.2) is 55.8 Å². The number of rotatable bonds is 19. The number of hydrogen-bond acceptors (Lipinski definition) is 15.